The smallest absolute Gasteiger partial charge is 0.406 e. The van der Waals surface area contributed by atoms with Gasteiger partial charge in [0.2, 0.25) is 0 Å². The number of rotatable bonds is 7. The molecule has 0 aliphatic rings. The van der Waals surface area contributed by atoms with Crippen LogP contribution in [0, 0.1) is 5.92 Å². The fourth-order valence-corrected chi connectivity index (χ4v) is 2.48. The molecule has 0 bridgehead atoms. The standard InChI is InChI=1S/C14H20F3NOS/c1-10(9-20-3)8-18-11(2)12-4-6-13(7-5-12)19-14(15,16)17/h4-7,10-11,18H,8-9H2,1-3H3. The van der Waals surface area contributed by atoms with Gasteiger partial charge in [0, 0.05) is 6.04 Å². The molecule has 1 aromatic carbocycles. The van der Waals surface area contributed by atoms with Crippen molar-refractivity contribution in [3.63, 3.8) is 0 Å². The maximum Gasteiger partial charge on any atom is 0.573 e. The lowest BCUT2D eigenvalue weighted by Crippen LogP contribution is -2.25. The molecule has 2 nitrogen and oxygen atoms in total. The lowest BCUT2D eigenvalue weighted by atomic mass is 10.1. The summed E-state index contributed by atoms with van der Waals surface area (Å²) in [6, 6.07) is 6.08. The van der Waals surface area contributed by atoms with Crippen molar-refractivity contribution in [2.45, 2.75) is 26.3 Å². The maximum atomic E-state index is 12.0. The highest BCUT2D eigenvalue weighted by Crippen LogP contribution is 2.24. The Morgan fingerprint density at radius 1 is 1.20 bits per heavy atom. The van der Waals surface area contributed by atoms with Gasteiger partial charge in [-0.1, -0.05) is 19.1 Å². The Morgan fingerprint density at radius 3 is 2.30 bits per heavy atom. The Labute approximate surface area is 122 Å². The molecule has 1 aromatic rings. The van der Waals surface area contributed by atoms with Gasteiger partial charge in [-0.3, -0.25) is 0 Å². The summed E-state index contributed by atoms with van der Waals surface area (Å²) in [4.78, 5) is 0. The Balaban J connectivity index is 2.51. The number of thioether (sulfide) groups is 1. The Bertz CT molecular complexity index is 394. The Hall–Kier alpha value is -0.880. The molecule has 0 aliphatic carbocycles. The summed E-state index contributed by atoms with van der Waals surface area (Å²) < 4.78 is 40.0. The molecule has 0 saturated heterocycles. The van der Waals surface area contributed by atoms with Gasteiger partial charge in [-0.25, -0.2) is 0 Å². The van der Waals surface area contributed by atoms with E-state index < -0.39 is 6.36 Å². The summed E-state index contributed by atoms with van der Waals surface area (Å²) >= 11 is 1.80. The zero-order valence-corrected chi connectivity index (χ0v) is 12.6. The molecular formula is C14H20F3NOS. The van der Waals surface area contributed by atoms with Gasteiger partial charge in [0.25, 0.3) is 0 Å². The highest BCUT2D eigenvalue weighted by molar-refractivity contribution is 7.98. The average Bonchev–Trinajstić information content (AvgIpc) is 2.35. The Kier molecular flexibility index (Phi) is 6.68. The SMILES string of the molecule is CSCC(C)CNC(C)c1ccc(OC(F)(F)F)cc1. The van der Waals surface area contributed by atoms with E-state index in [9.17, 15) is 13.2 Å². The van der Waals surface area contributed by atoms with E-state index in [0.717, 1.165) is 17.9 Å². The van der Waals surface area contributed by atoms with Crippen LogP contribution in [0.15, 0.2) is 24.3 Å². The molecule has 0 aromatic heterocycles. The van der Waals surface area contributed by atoms with Gasteiger partial charge in [-0.15, -0.1) is 13.2 Å². The van der Waals surface area contributed by atoms with Crippen molar-refractivity contribution < 1.29 is 17.9 Å². The van der Waals surface area contributed by atoms with Gasteiger partial charge in [-0.05, 0) is 49.1 Å². The number of nitrogens with one attached hydrogen (secondary N) is 1. The van der Waals surface area contributed by atoms with Gasteiger partial charge >= 0.3 is 6.36 Å². The summed E-state index contributed by atoms with van der Waals surface area (Å²) in [5, 5.41) is 3.37. The highest BCUT2D eigenvalue weighted by atomic mass is 32.2. The van der Waals surface area contributed by atoms with Crippen LogP contribution in [-0.2, 0) is 0 Å². The molecule has 20 heavy (non-hydrogen) atoms. The van der Waals surface area contributed by atoms with Crippen molar-refractivity contribution in [3.8, 4) is 5.75 Å². The van der Waals surface area contributed by atoms with E-state index in [0.29, 0.717) is 5.92 Å². The predicted molar refractivity (Wildman–Crippen MR) is 77.1 cm³/mol. The normalized spacial score (nSPS) is 14.9. The van der Waals surface area contributed by atoms with Crippen LogP contribution in [0.5, 0.6) is 5.75 Å². The van der Waals surface area contributed by atoms with Gasteiger partial charge in [0.15, 0.2) is 0 Å². The zero-order valence-electron chi connectivity index (χ0n) is 11.8. The van der Waals surface area contributed by atoms with Gasteiger partial charge in [0.1, 0.15) is 5.75 Å². The summed E-state index contributed by atoms with van der Waals surface area (Å²) in [6.45, 7) is 5.03. The van der Waals surface area contributed by atoms with Crippen molar-refractivity contribution in [2.75, 3.05) is 18.6 Å². The predicted octanol–water partition coefficient (Wildman–Crippen LogP) is 4.23. The van der Waals surface area contributed by atoms with E-state index in [2.05, 4.69) is 23.2 Å². The molecular weight excluding hydrogens is 287 g/mol. The molecule has 0 fully saturated rings. The highest BCUT2D eigenvalue weighted by Gasteiger charge is 2.30. The van der Waals surface area contributed by atoms with Crippen LogP contribution >= 0.6 is 11.8 Å². The number of benzene rings is 1. The second-order valence-electron chi connectivity index (χ2n) is 4.81. The lowest BCUT2D eigenvalue weighted by Gasteiger charge is -2.18. The van der Waals surface area contributed by atoms with Crippen LogP contribution < -0.4 is 10.1 Å². The second kappa shape index (κ2) is 7.78. The molecule has 0 radical (unpaired) electrons. The van der Waals surface area contributed by atoms with Crippen molar-refractivity contribution in [1.82, 2.24) is 5.32 Å². The summed E-state index contributed by atoms with van der Waals surface area (Å²) in [5.74, 6) is 1.45. The molecule has 0 aliphatic heterocycles. The third-order valence-corrected chi connectivity index (χ3v) is 3.74. The van der Waals surface area contributed by atoms with E-state index in [4.69, 9.17) is 0 Å². The number of hydrogen-bond acceptors (Lipinski definition) is 3. The van der Waals surface area contributed by atoms with Gasteiger partial charge < -0.3 is 10.1 Å². The van der Waals surface area contributed by atoms with Crippen LogP contribution in [0.1, 0.15) is 25.5 Å². The minimum atomic E-state index is -4.64. The van der Waals surface area contributed by atoms with E-state index >= 15 is 0 Å². The van der Waals surface area contributed by atoms with Gasteiger partial charge in [0.05, 0.1) is 0 Å². The fraction of sp³-hybridized carbons (Fsp3) is 0.571. The quantitative estimate of drug-likeness (QED) is 0.814. The van der Waals surface area contributed by atoms with Crippen LogP contribution in [0.3, 0.4) is 0 Å². The third kappa shape index (κ3) is 6.52. The molecule has 0 heterocycles. The summed E-state index contributed by atoms with van der Waals surface area (Å²) in [5.41, 5.74) is 0.941. The van der Waals surface area contributed by atoms with Crippen LogP contribution in [0.2, 0.25) is 0 Å². The molecule has 0 amide bonds. The molecule has 2 unspecified atom stereocenters. The largest absolute Gasteiger partial charge is 0.573 e. The maximum absolute atomic E-state index is 12.0. The van der Waals surface area contributed by atoms with Crippen molar-refractivity contribution in [3.05, 3.63) is 29.8 Å². The number of hydrogen-bond donors (Lipinski definition) is 1. The molecule has 2 atom stereocenters. The minimum absolute atomic E-state index is 0.0965. The van der Waals surface area contributed by atoms with Crippen molar-refractivity contribution in [2.24, 2.45) is 5.92 Å². The zero-order chi connectivity index (χ0) is 15.2. The first-order valence-electron chi connectivity index (χ1n) is 6.40. The van der Waals surface area contributed by atoms with Gasteiger partial charge in [-0.2, -0.15) is 11.8 Å². The third-order valence-electron chi connectivity index (χ3n) is 2.84. The van der Waals surface area contributed by atoms with Crippen molar-refractivity contribution in [1.29, 1.82) is 0 Å². The first kappa shape index (κ1) is 17.2. The van der Waals surface area contributed by atoms with Crippen LogP contribution in [0.4, 0.5) is 13.2 Å². The summed E-state index contributed by atoms with van der Waals surface area (Å²) in [7, 11) is 0. The summed E-state index contributed by atoms with van der Waals surface area (Å²) in [6.07, 6.45) is -2.57. The number of halogens is 3. The second-order valence-corrected chi connectivity index (χ2v) is 5.72. The van der Waals surface area contributed by atoms with E-state index in [-0.39, 0.29) is 11.8 Å². The molecule has 0 saturated carbocycles. The van der Waals surface area contributed by atoms with Crippen LogP contribution in [-0.4, -0.2) is 24.9 Å². The fourth-order valence-electron chi connectivity index (χ4n) is 1.80. The first-order chi connectivity index (χ1) is 9.31. The van der Waals surface area contributed by atoms with E-state index in [1.165, 1.54) is 12.1 Å². The first-order valence-corrected chi connectivity index (χ1v) is 7.79. The van der Waals surface area contributed by atoms with E-state index in [1.54, 1.807) is 23.9 Å². The topological polar surface area (TPSA) is 21.3 Å². The monoisotopic (exact) mass is 307 g/mol. The van der Waals surface area contributed by atoms with Crippen molar-refractivity contribution >= 4 is 11.8 Å². The van der Waals surface area contributed by atoms with E-state index in [1.807, 2.05) is 6.92 Å². The average molecular weight is 307 g/mol. The number of alkyl halides is 3. The Morgan fingerprint density at radius 2 is 1.80 bits per heavy atom. The molecule has 114 valence electrons. The minimum Gasteiger partial charge on any atom is -0.406 e. The molecule has 0 spiro atoms. The molecule has 1 N–H and O–H groups in total. The molecule has 1 rings (SSSR count). The lowest BCUT2D eigenvalue weighted by molar-refractivity contribution is -0.274. The number of ether oxygens (including phenoxy) is 1. The molecule has 6 heteroatoms. The van der Waals surface area contributed by atoms with Crippen LogP contribution in [0.25, 0.3) is 0 Å².